The molecule has 32 heavy (non-hydrogen) atoms. The van der Waals surface area contributed by atoms with E-state index < -0.39 is 0 Å². The summed E-state index contributed by atoms with van der Waals surface area (Å²) in [5, 5.41) is 5.84. The summed E-state index contributed by atoms with van der Waals surface area (Å²) in [6, 6.07) is 23.8. The molecule has 0 heterocycles. The first-order valence-corrected chi connectivity index (χ1v) is 10.6. The minimum absolute atomic E-state index is 0.0828. The monoisotopic (exact) mass is 447 g/mol. The number of nitrogens with one attached hydrogen (secondary N) is 2. The van der Waals surface area contributed by atoms with E-state index >= 15 is 0 Å². The smallest absolute Gasteiger partial charge is 0.258 e. The van der Waals surface area contributed by atoms with Crippen molar-refractivity contribution in [2.75, 3.05) is 23.9 Å². The summed E-state index contributed by atoms with van der Waals surface area (Å²) < 4.78 is 5.12. The van der Waals surface area contributed by atoms with Gasteiger partial charge in [0.15, 0.2) is 5.11 Å². The predicted octanol–water partition coefficient (Wildman–Crippen LogP) is 4.42. The number of benzene rings is 3. The van der Waals surface area contributed by atoms with Crippen molar-refractivity contribution >= 4 is 40.5 Å². The zero-order chi connectivity index (χ0) is 22.9. The van der Waals surface area contributed by atoms with Gasteiger partial charge in [0.05, 0.1) is 13.5 Å². The molecule has 3 aromatic rings. The Balaban J connectivity index is 1.55. The van der Waals surface area contributed by atoms with Crippen molar-refractivity contribution in [3.63, 3.8) is 0 Å². The van der Waals surface area contributed by atoms with Gasteiger partial charge in [-0.15, -0.1) is 0 Å². The standard InChI is InChI=1S/C25H25N3O3S/c1-3-28(21-7-5-4-6-8-21)24(30)19-11-13-20(14-12-19)26-25(32)27-23(29)17-18-9-15-22(31-2)16-10-18/h4-16H,3,17H2,1-2H3,(H2,26,27,29,32). The van der Waals surface area contributed by atoms with Crippen LogP contribution in [0.25, 0.3) is 0 Å². The van der Waals surface area contributed by atoms with E-state index in [2.05, 4.69) is 10.6 Å². The van der Waals surface area contributed by atoms with Gasteiger partial charge in [-0.2, -0.15) is 0 Å². The molecule has 0 aromatic heterocycles. The fourth-order valence-electron chi connectivity index (χ4n) is 3.17. The summed E-state index contributed by atoms with van der Waals surface area (Å²) in [6.07, 6.45) is 0.200. The van der Waals surface area contributed by atoms with E-state index in [4.69, 9.17) is 17.0 Å². The molecular formula is C25H25N3O3S. The van der Waals surface area contributed by atoms with Gasteiger partial charge in [0.25, 0.3) is 5.91 Å². The third-order valence-corrected chi connectivity index (χ3v) is 5.00. The number of anilines is 2. The number of hydrogen-bond acceptors (Lipinski definition) is 4. The van der Waals surface area contributed by atoms with E-state index in [1.165, 1.54) is 0 Å². The SMILES string of the molecule is CCN(C(=O)c1ccc(NC(=S)NC(=O)Cc2ccc(OC)cc2)cc1)c1ccccc1. The molecule has 0 unspecified atom stereocenters. The number of nitrogens with zero attached hydrogens (tertiary/aromatic N) is 1. The fraction of sp³-hybridized carbons (Fsp3) is 0.160. The Kier molecular flexibility index (Phi) is 7.94. The highest BCUT2D eigenvalue weighted by atomic mass is 32.1. The first-order chi connectivity index (χ1) is 15.5. The lowest BCUT2D eigenvalue weighted by molar-refractivity contribution is -0.119. The third kappa shape index (κ3) is 6.15. The molecule has 7 heteroatoms. The van der Waals surface area contributed by atoms with Crippen LogP contribution >= 0.6 is 12.2 Å². The zero-order valence-corrected chi connectivity index (χ0v) is 18.8. The van der Waals surface area contributed by atoms with Gasteiger partial charge in [0.1, 0.15) is 5.75 Å². The largest absolute Gasteiger partial charge is 0.497 e. The summed E-state index contributed by atoms with van der Waals surface area (Å²) in [4.78, 5) is 26.8. The maximum atomic E-state index is 12.9. The topological polar surface area (TPSA) is 70.7 Å². The van der Waals surface area contributed by atoms with Crippen LogP contribution in [0.3, 0.4) is 0 Å². The molecule has 164 valence electrons. The van der Waals surface area contributed by atoms with Gasteiger partial charge in [0, 0.05) is 23.5 Å². The van der Waals surface area contributed by atoms with Gasteiger partial charge < -0.3 is 20.3 Å². The molecule has 0 aliphatic carbocycles. The van der Waals surface area contributed by atoms with E-state index in [-0.39, 0.29) is 23.3 Å². The van der Waals surface area contributed by atoms with Crippen molar-refractivity contribution in [1.82, 2.24) is 5.32 Å². The van der Waals surface area contributed by atoms with E-state index in [9.17, 15) is 9.59 Å². The number of ether oxygens (including phenoxy) is 1. The molecule has 0 bridgehead atoms. The van der Waals surface area contributed by atoms with Crippen LogP contribution in [0.5, 0.6) is 5.75 Å². The Morgan fingerprint density at radius 1 is 0.938 bits per heavy atom. The quantitative estimate of drug-likeness (QED) is 0.525. The van der Waals surface area contributed by atoms with Crippen molar-refractivity contribution in [2.24, 2.45) is 0 Å². The second-order valence-corrected chi connectivity index (χ2v) is 7.40. The number of hydrogen-bond donors (Lipinski definition) is 2. The Labute approximate surface area is 193 Å². The average molecular weight is 448 g/mol. The molecule has 2 amide bonds. The van der Waals surface area contributed by atoms with Gasteiger partial charge in [0.2, 0.25) is 5.91 Å². The number of amides is 2. The summed E-state index contributed by atoms with van der Waals surface area (Å²) in [7, 11) is 1.59. The van der Waals surface area contributed by atoms with Crippen LogP contribution < -0.4 is 20.3 Å². The Morgan fingerprint density at radius 3 is 2.19 bits per heavy atom. The molecule has 0 radical (unpaired) electrons. The van der Waals surface area contributed by atoms with Crippen LogP contribution in [0.15, 0.2) is 78.9 Å². The van der Waals surface area contributed by atoms with Gasteiger partial charge >= 0.3 is 0 Å². The molecule has 6 nitrogen and oxygen atoms in total. The first-order valence-electron chi connectivity index (χ1n) is 10.2. The maximum Gasteiger partial charge on any atom is 0.258 e. The Hall–Kier alpha value is -3.71. The van der Waals surface area contributed by atoms with Gasteiger partial charge in [-0.05, 0) is 73.2 Å². The number of carbonyl (C=O) groups is 2. The molecule has 2 N–H and O–H groups in total. The number of rotatable bonds is 7. The van der Waals surface area contributed by atoms with E-state index in [0.717, 1.165) is 17.0 Å². The molecule has 0 fully saturated rings. The minimum atomic E-state index is -0.221. The molecule has 0 atom stereocenters. The average Bonchev–Trinajstić information content (AvgIpc) is 2.81. The van der Waals surface area contributed by atoms with E-state index in [1.807, 2.05) is 49.4 Å². The summed E-state index contributed by atoms with van der Waals surface area (Å²) in [5.74, 6) is 0.431. The first kappa shape index (κ1) is 23.0. The fourth-order valence-corrected chi connectivity index (χ4v) is 3.40. The molecule has 0 saturated heterocycles. The van der Waals surface area contributed by atoms with Crippen LogP contribution in [0, 0.1) is 0 Å². The lowest BCUT2D eigenvalue weighted by atomic mass is 10.1. The van der Waals surface area contributed by atoms with Crippen molar-refractivity contribution in [1.29, 1.82) is 0 Å². The highest BCUT2D eigenvalue weighted by molar-refractivity contribution is 7.80. The second kappa shape index (κ2) is 11.1. The molecule has 3 rings (SSSR count). The molecule has 0 aliphatic heterocycles. The lowest BCUT2D eigenvalue weighted by Gasteiger charge is -2.21. The highest BCUT2D eigenvalue weighted by Crippen LogP contribution is 2.18. The highest BCUT2D eigenvalue weighted by Gasteiger charge is 2.16. The number of carbonyl (C=O) groups excluding carboxylic acids is 2. The van der Waals surface area contributed by atoms with Crippen LogP contribution in [0.1, 0.15) is 22.8 Å². The zero-order valence-electron chi connectivity index (χ0n) is 18.0. The summed E-state index contributed by atoms with van der Waals surface area (Å²) in [5.41, 5.74) is 2.95. The number of thiocarbonyl (C=S) groups is 1. The van der Waals surface area contributed by atoms with E-state index in [0.29, 0.717) is 17.8 Å². The predicted molar refractivity (Wildman–Crippen MR) is 131 cm³/mol. The second-order valence-electron chi connectivity index (χ2n) is 6.99. The van der Waals surface area contributed by atoms with Crippen LogP contribution in [0.4, 0.5) is 11.4 Å². The van der Waals surface area contributed by atoms with Crippen LogP contribution in [0.2, 0.25) is 0 Å². The maximum absolute atomic E-state index is 12.9. The third-order valence-electron chi connectivity index (χ3n) is 4.80. The van der Waals surface area contributed by atoms with Gasteiger partial charge in [-0.25, -0.2) is 0 Å². The van der Waals surface area contributed by atoms with Crippen molar-refractivity contribution < 1.29 is 14.3 Å². The molecular weight excluding hydrogens is 422 g/mol. The van der Waals surface area contributed by atoms with E-state index in [1.54, 1.807) is 48.4 Å². The van der Waals surface area contributed by atoms with Gasteiger partial charge in [-0.1, -0.05) is 30.3 Å². The molecule has 3 aromatic carbocycles. The minimum Gasteiger partial charge on any atom is -0.497 e. The number of methoxy groups -OCH3 is 1. The molecule has 0 saturated carbocycles. The van der Waals surface area contributed by atoms with Crippen molar-refractivity contribution in [3.8, 4) is 5.75 Å². The summed E-state index contributed by atoms with van der Waals surface area (Å²) in [6.45, 7) is 2.50. The van der Waals surface area contributed by atoms with Crippen molar-refractivity contribution in [3.05, 3.63) is 90.0 Å². The normalized spacial score (nSPS) is 10.2. The van der Waals surface area contributed by atoms with Crippen LogP contribution in [-0.2, 0) is 11.2 Å². The van der Waals surface area contributed by atoms with Crippen molar-refractivity contribution in [2.45, 2.75) is 13.3 Å². The Morgan fingerprint density at radius 2 is 1.59 bits per heavy atom. The van der Waals surface area contributed by atoms with Gasteiger partial charge in [-0.3, -0.25) is 9.59 Å². The molecule has 0 aliphatic rings. The lowest BCUT2D eigenvalue weighted by Crippen LogP contribution is -2.35. The number of para-hydroxylation sites is 1. The van der Waals surface area contributed by atoms with Crippen LogP contribution in [-0.4, -0.2) is 30.6 Å². The Bertz CT molecular complexity index is 1070. The molecule has 0 spiro atoms. The summed E-state index contributed by atoms with van der Waals surface area (Å²) >= 11 is 5.24.